The SMILES string of the molecule is Cc1nn(-c2ncccn2)c(NC(=O)OC(C)(C)C)c1Br. The lowest BCUT2D eigenvalue weighted by Gasteiger charge is -2.19. The van der Waals surface area contributed by atoms with Crippen molar-refractivity contribution in [1.82, 2.24) is 19.7 Å². The van der Waals surface area contributed by atoms with E-state index in [0.29, 0.717) is 21.9 Å². The first-order valence-corrected chi connectivity index (χ1v) is 7.10. The van der Waals surface area contributed by atoms with Crippen LogP contribution >= 0.6 is 15.9 Å². The van der Waals surface area contributed by atoms with Gasteiger partial charge in [0.25, 0.3) is 5.95 Å². The molecule has 112 valence electrons. The summed E-state index contributed by atoms with van der Waals surface area (Å²) in [7, 11) is 0. The minimum absolute atomic E-state index is 0.359. The lowest BCUT2D eigenvalue weighted by molar-refractivity contribution is 0.0635. The van der Waals surface area contributed by atoms with E-state index in [1.807, 2.05) is 6.92 Å². The van der Waals surface area contributed by atoms with Crippen LogP contribution in [0.25, 0.3) is 5.95 Å². The van der Waals surface area contributed by atoms with Gasteiger partial charge in [0.1, 0.15) is 5.60 Å². The molecule has 0 aromatic carbocycles. The van der Waals surface area contributed by atoms with Crippen LogP contribution in [0.2, 0.25) is 0 Å². The number of halogens is 1. The fraction of sp³-hybridized carbons (Fsp3) is 0.385. The molecule has 0 spiro atoms. The number of carbonyl (C=O) groups excluding carboxylic acids is 1. The Labute approximate surface area is 130 Å². The first-order valence-electron chi connectivity index (χ1n) is 6.30. The molecule has 8 heteroatoms. The highest BCUT2D eigenvalue weighted by Gasteiger charge is 2.22. The van der Waals surface area contributed by atoms with Crippen molar-refractivity contribution >= 4 is 27.8 Å². The molecule has 0 saturated carbocycles. The molecule has 7 nitrogen and oxygen atoms in total. The quantitative estimate of drug-likeness (QED) is 0.896. The molecule has 2 aromatic heterocycles. The van der Waals surface area contributed by atoms with E-state index in [1.54, 1.807) is 39.2 Å². The number of hydrogen-bond donors (Lipinski definition) is 1. The average molecular weight is 354 g/mol. The van der Waals surface area contributed by atoms with Crippen molar-refractivity contribution in [2.45, 2.75) is 33.3 Å². The molecule has 0 aliphatic rings. The van der Waals surface area contributed by atoms with Crippen molar-refractivity contribution < 1.29 is 9.53 Å². The first-order chi connectivity index (χ1) is 9.78. The molecule has 0 atom stereocenters. The maximum atomic E-state index is 11.9. The van der Waals surface area contributed by atoms with Gasteiger partial charge in [-0.05, 0) is 49.7 Å². The van der Waals surface area contributed by atoms with Gasteiger partial charge in [0.2, 0.25) is 0 Å². The van der Waals surface area contributed by atoms with E-state index in [4.69, 9.17) is 4.74 Å². The number of anilines is 1. The third kappa shape index (κ3) is 3.78. The van der Waals surface area contributed by atoms with Crippen molar-refractivity contribution in [3.05, 3.63) is 28.6 Å². The lowest BCUT2D eigenvalue weighted by atomic mass is 10.2. The molecule has 0 saturated heterocycles. The second-order valence-corrected chi connectivity index (χ2v) is 6.13. The van der Waals surface area contributed by atoms with Gasteiger partial charge in [0.05, 0.1) is 10.2 Å². The molecule has 2 aromatic rings. The van der Waals surface area contributed by atoms with Crippen LogP contribution in [0.1, 0.15) is 26.5 Å². The highest BCUT2D eigenvalue weighted by Crippen LogP contribution is 2.28. The van der Waals surface area contributed by atoms with E-state index in [1.165, 1.54) is 4.68 Å². The summed E-state index contributed by atoms with van der Waals surface area (Å²) in [4.78, 5) is 20.2. The minimum atomic E-state index is -0.584. The Morgan fingerprint density at radius 3 is 2.52 bits per heavy atom. The van der Waals surface area contributed by atoms with E-state index in [0.717, 1.165) is 0 Å². The summed E-state index contributed by atoms with van der Waals surface area (Å²) in [6, 6.07) is 1.70. The normalized spacial score (nSPS) is 11.3. The van der Waals surface area contributed by atoms with Crippen LogP contribution in [0.5, 0.6) is 0 Å². The number of aromatic nitrogens is 4. The number of nitrogens with one attached hydrogen (secondary N) is 1. The van der Waals surface area contributed by atoms with Crippen LogP contribution in [-0.2, 0) is 4.74 Å². The molecule has 0 bridgehead atoms. The zero-order valence-corrected chi connectivity index (χ0v) is 13.8. The van der Waals surface area contributed by atoms with Crippen LogP contribution in [0, 0.1) is 6.92 Å². The first kappa shape index (κ1) is 15.4. The smallest absolute Gasteiger partial charge is 0.413 e. The third-order valence-electron chi connectivity index (χ3n) is 2.35. The number of nitrogens with zero attached hydrogens (tertiary/aromatic N) is 4. The van der Waals surface area contributed by atoms with Crippen LogP contribution in [0.3, 0.4) is 0 Å². The highest BCUT2D eigenvalue weighted by molar-refractivity contribution is 9.10. The van der Waals surface area contributed by atoms with Crippen molar-refractivity contribution in [3.8, 4) is 5.95 Å². The average Bonchev–Trinajstić information content (AvgIpc) is 2.66. The van der Waals surface area contributed by atoms with Crippen molar-refractivity contribution in [2.24, 2.45) is 0 Å². The van der Waals surface area contributed by atoms with Crippen LogP contribution in [-0.4, -0.2) is 31.4 Å². The van der Waals surface area contributed by atoms with Crippen molar-refractivity contribution in [2.75, 3.05) is 5.32 Å². The second-order valence-electron chi connectivity index (χ2n) is 5.34. The Kier molecular flexibility index (Phi) is 4.26. The summed E-state index contributed by atoms with van der Waals surface area (Å²) in [6.45, 7) is 7.20. The third-order valence-corrected chi connectivity index (χ3v) is 3.30. The summed E-state index contributed by atoms with van der Waals surface area (Å²) >= 11 is 3.40. The van der Waals surface area contributed by atoms with E-state index in [-0.39, 0.29) is 0 Å². The Morgan fingerprint density at radius 2 is 1.95 bits per heavy atom. The summed E-state index contributed by atoms with van der Waals surface area (Å²) in [5, 5.41) is 6.97. The van der Waals surface area contributed by atoms with E-state index in [9.17, 15) is 4.79 Å². The molecular weight excluding hydrogens is 338 g/mol. The molecule has 2 heterocycles. The van der Waals surface area contributed by atoms with E-state index in [2.05, 4.69) is 36.3 Å². The maximum Gasteiger partial charge on any atom is 0.413 e. The highest BCUT2D eigenvalue weighted by atomic mass is 79.9. The van der Waals surface area contributed by atoms with Crippen LogP contribution in [0.4, 0.5) is 10.6 Å². The van der Waals surface area contributed by atoms with E-state index < -0.39 is 11.7 Å². The van der Waals surface area contributed by atoms with Crippen molar-refractivity contribution in [1.29, 1.82) is 0 Å². The topological polar surface area (TPSA) is 81.9 Å². The molecular formula is C13H16BrN5O2. The number of rotatable bonds is 2. The molecule has 0 aliphatic carbocycles. The summed E-state index contributed by atoms with van der Waals surface area (Å²) in [5.74, 6) is 0.783. The van der Waals surface area contributed by atoms with Crippen LogP contribution in [0.15, 0.2) is 22.9 Å². The minimum Gasteiger partial charge on any atom is -0.444 e. The van der Waals surface area contributed by atoms with Gasteiger partial charge in [0.15, 0.2) is 5.82 Å². The number of carbonyl (C=O) groups is 1. The zero-order chi connectivity index (χ0) is 15.6. The second kappa shape index (κ2) is 5.80. The summed E-state index contributed by atoms with van der Waals surface area (Å²) in [5.41, 5.74) is 0.119. The van der Waals surface area contributed by atoms with Crippen LogP contribution < -0.4 is 5.32 Å². The number of aryl methyl sites for hydroxylation is 1. The van der Waals surface area contributed by atoms with Gasteiger partial charge in [-0.2, -0.15) is 9.78 Å². The van der Waals surface area contributed by atoms with E-state index >= 15 is 0 Å². The largest absolute Gasteiger partial charge is 0.444 e. The monoisotopic (exact) mass is 353 g/mol. The van der Waals surface area contributed by atoms with Crippen molar-refractivity contribution in [3.63, 3.8) is 0 Å². The Balaban J connectivity index is 2.33. The molecule has 0 radical (unpaired) electrons. The Hall–Kier alpha value is -1.96. The predicted molar refractivity (Wildman–Crippen MR) is 81.4 cm³/mol. The fourth-order valence-electron chi connectivity index (χ4n) is 1.56. The molecule has 0 fully saturated rings. The van der Waals surface area contributed by atoms with Gasteiger partial charge < -0.3 is 4.74 Å². The zero-order valence-electron chi connectivity index (χ0n) is 12.2. The maximum absolute atomic E-state index is 11.9. The lowest BCUT2D eigenvalue weighted by Crippen LogP contribution is -2.28. The molecule has 0 unspecified atom stereocenters. The molecule has 0 aliphatic heterocycles. The molecule has 21 heavy (non-hydrogen) atoms. The Bertz CT molecular complexity index is 649. The van der Waals surface area contributed by atoms with Gasteiger partial charge in [0, 0.05) is 12.4 Å². The van der Waals surface area contributed by atoms with Gasteiger partial charge in [-0.15, -0.1) is 0 Å². The predicted octanol–water partition coefficient (Wildman–Crippen LogP) is 3.08. The Morgan fingerprint density at radius 1 is 1.33 bits per heavy atom. The summed E-state index contributed by atoms with van der Waals surface area (Å²) in [6.07, 6.45) is 2.63. The van der Waals surface area contributed by atoms with Gasteiger partial charge >= 0.3 is 6.09 Å². The number of hydrogen-bond acceptors (Lipinski definition) is 5. The standard InChI is InChI=1S/C13H16BrN5O2/c1-8-9(14)10(17-12(20)21-13(2,3)4)19(18-8)11-15-6-5-7-16-11/h5-7H,1-4H3,(H,17,20). The number of ether oxygens (including phenoxy) is 1. The molecule has 1 amide bonds. The van der Waals surface area contributed by atoms with Gasteiger partial charge in [-0.25, -0.2) is 14.8 Å². The number of amides is 1. The summed E-state index contributed by atoms with van der Waals surface area (Å²) < 4.78 is 7.35. The fourth-order valence-corrected chi connectivity index (χ4v) is 1.91. The molecule has 2 rings (SSSR count). The van der Waals surface area contributed by atoms with Gasteiger partial charge in [-0.1, -0.05) is 0 Å². The van der Waals surface area contributed by atoms with Gasteiger partial charge in [-0.3, -0.25) is 5.32 Å². The molecule has 1 N–H and O–H groups in total.